The standard InChI is InChI=1S/C31H33FN2O6/c1-20-17-18-34(30(36)33-20)29-27(32)28(35)26(40-29)19-39-31(21-7-5-4-6-8-21,22-9-13-24(37-2)14-10-22)23-11-15-25(38-3)16-12-23/h4-18,20,26-29,35H,19H2,1-3H3,(H,33,36). The number of ether oxygens (including phenoxy) is 4. The second-order valence-corrected chi connectivity index (χ2v) is 9.80. The number of rotatable bonds is 9. The monoisotopic (exact) mass is 548 g/mol. The molecule has 40 heavy (non-hydrogen) atoms. The van der Waals surface area contributed by atoms with Crippen LogP contribution in [0.2, 0.25) is 0 Å². The Bertz CT molecular complexity index is 1270. The van der Waals surface area contributed by atoms with Gasteiger partial charge < -0.3 is 29.4 Å². The topological polar surface area (TPSA) is 89.5 Å². The van der Waals surface area contributed by atoms with Crippen LogP contribution in [-0.2, 0) is 15.1 Å². The number of aliphatic hydroxyl groups is 1. The number of hydrogen-bond donors (Lipinski definition) is 2. The van der Waals surface area contributed by atoms with Gasteiger partial charge in [0.25, 0.3) is 0 Å². The average Bonchev–Trinajstić information content (AvgIpc) is 3.27. The average molecular weight is 549 g/mol. The van der Waals surface area contributed by atoms with Gasteiger partial charge in [0, 0.05) is 12.2 Å². The molecule has 5 unspecified atom stereocenters. The molecule has 8 nitrogen and oxygen atoms in total. The van der Waals surface area contributed by atoms with Crippen molar-refractivity contribution in [3.63, 3.8) is 0 Å². The molecule has 2 amide bonds. The Morgan fingerprint density at radius 1 is 0.925 bits per heavy atom. The smallest absolute Gasteiger partial charge is 0.324 e. The van der Waals surface area contributed by atoms with E-state index in [-0.39, 0.29) is 12.6 Å². The first-order chi connectivity index (χ1) is 19.4. The van der Waals surface area contributed by atoms with Gasteiger partial charge in [-0.05, 0) is 54.0 Å². The van der Waals surface area contributed by atoms with Crippen molar-refractivity contribution in [3.8, 4) is 11.5 Å². The molecule has 0 radical (unpaired) electrons. The third-order valence-corrected chi connectivity index (χ3v) is 7.33. The fourth-order valence-corrected chi connectivity index (χ4v) is 5.15. The summed E-state index contributed by atoms with van der Waals surface area (Å²) < 4.78 is 38.8. The Labute approximate surface area is 232 Å². The Morgan fingerprint density at radius 3 is 2.00 bits per heavy atom. The molecule has 5 atom stereocenters. The Balaban J connectivity index is 1.52. The molecule has 0 bridgehead atoms. The summed E-state index contributed by atoms with van der Waals surface area (Å²) in [7, 11) is 3.20. The van der Waals surface area contributed by atoms with E-state index < -0.39 is 36.2 Å². The molecular weight excluding hydrogens is 515 g/mol. The van der Waals surface area contributed by atoms with Crippen LogP contribution in [0.3, 0.4) is 0 Å². The van der Waals surface area contributed by atoms with E-state index in [9.17, 15) is 9.90 Å². The second-order valence-electron chi connectivity index (χ2n) is 9.80. The number of urea groups is 1. The van der Waals surface area contributed by atoms with Gasteiger partial charge in [-0.25, -0.2) is 9.18 Å². The number of halogens is 1. The lowest BCUT2D eigenvalue weighted by atomic mass is 9.80. The number of hydrogen-bond acceptors (Lipinski definition) is 6. The Kier molecular flexibility index (Phi) is 8.07. The highest BCUT2D eigenvalue weighted by atomic mass is 19.1. The molecule has 0 aliphatic carbocycles. The second kappa shape index (κ2) is 11.7. The molecule has 9 heteroatoms. The van der Waals surface area contributed by atoms with Crippen LogP contribution in [-0.4, -0.2) is 67.5 Å². The number of carbonyl (C=O) groups is 1. The van der Waals surface area contributed by atoms with Gasteiger partial charge in [0.1, 0.15) is 29.3 Å². The molecule has 2 aliphatic heterocycles. The summed E-state index contributed by atoms with van der Waals surface area (Å²) in [6.45, 7) is 1.64. The van der Waals surface area contributed by atoms with Gasteiger partial charge in [-0.2, -0.15) is 0 Å². The molecule has 2 heterocycles. The number of benzene rings is 3. The third-order valence-electron chi connectivity index (χ3n) is 7.33. The lowest BCUT2D eigenvalue weighted by Crippen LogP contribution is -2.51. The maximum Gasteiger partial charge on any atom is 0.324 e. The molecule has 1 saturated heterocycles. The molecule has 1 fully saturated rings. The normalized spacial score (nSPS) is 24.6. The summed E-state index contributed by atoms with van der Waals surface area (Å²) in [6.07, 6.45) is -2.46. The van der Waals surface area contributed by atoms with E-state index in [4.69, 9.17) is 18.9 Å². The van der Waals surface area contributed by atoms with Crippen molar-refractivity contribution in [1.29, 1.82) is 0 Å². The SMILES string of the molecule is COc1ccc(C(OCC2OC(N3C=CC(C)NC3=O)C(F)C2O)(c2ccccc2)c2ccc(OC)cc2)cc1. The van der Waals surface area contributed by atoms with Crippen LogP contribution in [0.25, 0.3) is 0 Å². The van der Waals surface area contributed by atoms with Crippen LogP contribution in [0.15, 0.2) is 91.1 Å². The molecule has 2 N–H and O–H groups in total. The predicted molar refractivity (Wildman–Crippen MR) is 147 cm³/mol. The van der Waals surface area contributed by atoms with Gasteiger partial charge in [-0.1, -0.05) is 54.6 Å². The molecule has 210 valence electrons. The molecule has 3 aromatic carbocycles. The Morgan fingerprint density at radius 2 is 1.48 bits per heavy atom. The maximum atomic E-state index is 15.3. The minimum atomic E-state index is -1.83. The summed E-state index contributed by atoms with van der Waals surface area (Å²) in [5.74, 6) is 1.36. The van der Waals surface area contributed by atoms with Gasteiger partial charge in [0.15, 0.2) is 12.4 Å². The fourth-order valence-electron chi connectivity index (χ4n) is 5.15. The van der Waals surface area contributed by atoms with Gasteiger partial charge in [0.2, 0.25) is 0 Å². The van der Waals surface area contributed by atoms with Crippen molar-refractivity contribution in [3.05, 3.63) is 108 Å². The Hall–Kier alpha value is -3.92. The third kappa shape index (κ3) is 5.15. The van der Waals surface area contributed by atoms with Crippen LogP contribution >= 0.6 is 0 Å². The van der Waals surface area contributed by atoms with Gasteiger partial charge >= 0.3 is 6.03 Å². The molecule has 3 aromatic rings. The van der Waals surface area contributed by atoms with Crippen molar-refractivity contribution < 1.29 is 33.2 Å². The van der Waals surface area contributed by atoms with Crippen molar-refractivity contribution >= 4 is 6.03 Å². The van der Waals surface area contributed by atoms with E-state index in [0.29, 0.717) is 11.5 Å². The first-order valence-corrected chi connectivity index (χ1v) is 13.1. The molecular formula is C31H33FN2O6. The fraction of sp³-hybridized carbons (Fsp3) is 0.323. The van der Waals surface area contributed by atoms with Crippen molar-refractivity contribution in [2.24, 2.45) is 0 Å². The molecule has 0 saturated carbocycles. The zero-order chi connectivity index (χ0) is 28.3. The first kappa shape index (κ1) is 27.6. The van der Waals surface area contributed by atoms with Crippen molar-refractivity contribution in [2.45, 2.75) is 43.2 Å². The van der Waals surface area contributed by atoms with Crippen LogP contribution in [0.4, 0.5) is 9.18 Å². The lowest BCUT2D eigenvalue weighted by molar-refractivity contribution is -0.0986. The van der Waals surface area contributed by atoms with Crippen LogP contribution in [0.5, 0.6) is 11.5 Å². The lowest BCUT2D eigenvalue weighted by Gasteiger charge is -2.37. The highest BCUT2D eigenvalue weighted by Gasteiger charge is 2.50. The minimum absolute atomic E-state index is 0.166. The summed E-state index contributed by atoms with van der Waals surface area (Å²) >= 11 is 0. The van der Waals surface area contributed by atoms with Gasteiger partial charge in [-0.3, -0.25) is 4.90 Å². The van der Waals surface area contributed by atoms with Gasteiger partial charge in [-0.15, -0.1) is 0 Å². The summed E-state index contributed by atoms with van der Waals surface area (Å²) in [5, 5.41) is 13.6. The summed E-state index contributed by atoms with van der Waals surface area (Å²) in [5.41, 5.74) is 1.24. The van der Waals surface area contributed by atoms with Crippen molar-refractivity contribution in [1.82, 2.24) is 10.2 Å². The maximum absolute atomic E-state index is 15.3. The number of methoxy groups -OCH3 is 2. The predicted octanol–water partition coefficient (Wildman–Crippen LogP) is 4.36. The van der Waals surface area contributed by atoms with Gasteiger partial charge in [0.05, 0.1) is 20.8 Å². The number of nitrogens with zero attached hydrogens (tertiary/aromatic N) is 1. The number of carbonyl (C=O) groups excluding carboxylic acids is 1. The highest BCUT2D eigenvalue weighted by Crippen LogP contribution is 2.42. The first-order valence-electron chi connectivity index (χ1n) is 13.1. The number of amides is 2. The summed E-state index contributed by atoms with van der Waals surface area (Å²) in [6, 6.07) is 24.0. The summed E-state index contributed by atoms with van der Waals surface area (Å²) in [4.78, 5) is 13.6. The number of alkyl halides is 1. The zero-order valence-electron chi connectivity index (χ0n) is 22.6. The van der Waals surface area contributed by atoms with E-state index >= 15 is 4.39 Å². The highest BCUT2D eigenvalue weighted by molar-refractivity contribution is 5.77. The van der Waals surface area contributed by atoms with E-state index in [2.05, 4.69) is 5.32 Å². The van der Waals surface area contributed by atoms with E-state index in [0.717, 1.165) is 21.6 Å². The van der Waals surface area contributed by atoms with E-state index in [1.807, 2.05) is 78.9 Å². The largest absolute Gasteiger partial charge is 0.497 e. The molecule has 0 aromatic heterocycles. The van der Waals surface area contributed by atoms with E-state index in [1.54, 1.807) is 27.2 Å². The number of aliphatic hydroxyl groups excluding tert-OH is 1. The van der Waals surface area contributed by atoms with Crippen molar-refractivity contribution in [2.75, 3.05) is 20.8 Å². The zero-order valence-corrected chi connectivity index (χ0v) is 22.6. The number of nitrogens with one attached hydrogen (secondary N) is 1. The van der Waals surface area contributed by atoms with Crippen LogP contribution < -0.4 is 14.8 Å². The molecule has 5 rings (SSSR count). The molecule has 2 aliphatic rings. The minimum Gasteiger partial charge on any atom is -0.497 e. The van der Waals surface area contributed by atoms with Crippen LogP contribution in [0.1, 0.15) is 23.6 Å². The van der Waals surface area contributed by atoms with Crippen LogP contribution in [0, 0.1) is 0 Å². The van der Waals surface area contributed by atoms with E-state index in [1.165, 1.54) is 6.20 Å². The quantitative estimate of drug-likeness (QED) is 0.386. The molecule has 0 spiro atoms.